The fourth-order valence-corrected chi connectivity index (χ4v) is 5.42. The number of carbonyl (C=O) groups is 1. The Labute approximate surface area is 193 Å². The van der Waals surface area contributed by atoms with E-state index in [1.54, 1.807) is 18.2 Å². The molecule has 0 aliphatic carbocycles. The number of fused-ring (bicyclic) bond motifs is 2. The van der Waals surface area contributed by atoms with Gasteiger partial charge >= 0.3 is 0 Å². The lowest BCUT2D eigenvalue weighted by atomic mass is 9.82. The summed E-state index contributed by atoms with van der Waals surface area (Å²) >= 11 is 0. The molecule has 0 bridgehead atoms. The standard InChI is InChI=1S/C24H28N4O4S/c1-16-25-20-5-3-17(13-21(20)26-16)7-10-28-11-8-24(9-12-28)15-22(29)19-14-18(27-33(2,30)31)4-6-23(19)32-24/h3-6,13-14,27H,7-12,15H2,1-2H3,(H,25,26). The van der Waals surface area contributed by atoms with Gasteiger partial charge in [-0.15, -0.1) is 0 Å². The maximum Gasteiger partial charge on any atom is 0.229 e. The summed E-state index contributed by atoms with van der Waals surface area (Å²) in [5.74, 6) is 1.47. The number of ether oxygens (including phenoxy) is 1. The highest BCUT2D eigenvalue weighted by atomic mass is 32.2. The van der Waals surface area contributed by atoms with Gasteiger partial charge in [0, 0.05) is 38.2 Å². The molecule has 0 saturated carbocycles. The summed E-state index contributed by atoms with van der Waals surface area (Å²) in [6, 6.07) is 11.3. The zero-order chi connectivity index (χ0) is 23.2. The fourth-order valence-electron chi connectivity index (χ4n) is 4.86. The lowest BCUT2D eigenvalue weighted by Gasteiger charge is -2.44. The van der Waals surface area contributed by atoms with Crippen LogP contribution in [-0.4, -0.2) is 60.6 Å². The molecule has 5 rings (SSSR count). The van der Waals surface area contributed by atoms with E-state index >= 15 is 0 Å². The van der Waals surface area contributed by atoms with Crippen molar-refractivity contribution in [2.75, 3.05) is 30.6 Å². The van der Waals surface area contributed by atoms with Gasteiger partial charge in [-0.25, -0.2) is 13.4 Å². The first kappa shape index (κ1) is 21.9. The van der Waals surface area contributed by atoms with E-state index < -0.39 is 15.6 Å². The van der Waals surface area contributed by atoms with Gasteiger partial charge < -0.3 is 14.6 Å². The fraction of sp³-hybridized carbons (Fsp3) is 0.417. The van der Waals surface area contributed by atoms with E-state index in [0.717, 1.165) is 62.0 Å². The molecule has 3 heterocycles. The molecule has 0 radical (unpaired) electrons. The highest BCUT2D eigenvalue weighted by molar-refractivity contribution is 7.92. The zero-order valence-corrected chi connectivity index (χ0v) is 19.7. The molecule has 1 aromatic heterocycles. The third-order valence-corrected chi connectivity index (χ3v) is 7.15. The Morgan fingerprint density at radius 2 is 1.97 bits per heavy atom. The van der Waals surface area contributed by atoms with Gasteiger partial charge in [-0.05, 0) is 49.2 Å². The number of aromatic amines is 1. The quantitative estimate of drug-likeness (QED) is 0.596. The van der Waals surface area contributed by atoms with E-state index in [4.69, 9.17) is 4.74 Å². The highest BCUT2D eigenvalue weighted by Crippen LogP contribution is 2.40. The third kappa shape index (κ3) is 4.74. The van der Waals surface area contributed by atoms with Gasteiger partial charge in [-0.1, -0.05) is 6.07 Å². The van der Waals surface area contributed by atoms with Crippen LogP contribution in [0, 0.1) is 6.92 Å². The van der Waals surface area contributed by atoms with E-state index in [1.165, 1.54) is 5.56 Å². The van der Waals surface area contributed by atoms with Crippen molar-refractivity contribution in [2.45, 2.75) is 38.2 Å². The average molecular weight is 469 g/mol. The Balaban J connectivity index is 1.21. The molecule has 2 N–H and O–H groups in total. The lowest BCUT2D eigenvalue weighted by Crippen LogP contribution is -2.51. The number of carbonyl (C=O) groups excluding carboxylic acids is 1. The molecule has 0 amide bonds. The van der Waals surface area contributed by atoms with Crippen molar-refractivity contribution in [2.24, 2.45) is 0 Å². The minimum atomic E-state index is -3.40. The molecule has 33 heavy (non-hydrogen) atoms. The molecule has 174 valence electrons. The number of H-pyrrole nitrogens is 1. The number of likely N-dealkylation sites (tertiary alicyclic amines) is 1. The van der Waals surface area contributed by atoms with E-state index in [-0.39, 0.29) is 5.78 Å². The number of sulfonamides is 1. The van der Waals surface area contributed by atoms with Gasteiger partial charge in [-0.2, -0.15) is 0 Å². The number of nitrogens with zero attached hydrogens (tertiary/aromatic N) is 2. The SMILES string of the molecule is Cc1nc2ccc(CCN3CCC4(CC3)CC(=O)c3cc(NS(C)(=O)=O)ccc3O4)cc2[nH]1. The highest BCUT2D eigenvalue weighted by Gasteiger charge is 2.42. The van der Waals surface area contributed by atoms with Crippen molar-refractivity contribution in [3.8, 4) is 5.75 Å². The number of anilines is 1. The van der Waals surface area contributed by atoms with E-state index in [2.05, 4.69) is 37.8 Å². The number of Topliss-reactive ketones (excluding diaryl/α,β-unsaturated/α-hetero) is 1. The molecular weight excluding hydrogens is 440 g/mol. The van der Waals surface area contributed by atoms with Crippen molar-refractivity contribution >= 4 is 32.5 Å². The van der Waals surface area contributed by atoms with Gasteiger partial charge in [-0.3, -0.25) is 9.52 Å². The van der Waals surface area contributed by atoms with Crippen LogP contribution in [0.5, 0.6) is 5.75 Å². The van der Waals surface area contributed by atoms with Crippen LogP contribution in [0.3, 0.4) is 0 Å². The average Bonchev–Trinajstić information content (AvgIpc) is 3.12. The summed E-state index contributed by atoms with van der Waals surface area (Å²) in [7, 11) is -3.40. The smallest absolute Gasteiger partial charge is 0.229 e. The van der Waals surface area contributed by atoms with E-state index in [1.807, 2.05) is 6.92 Å². The van der Waals surface area contributed by atoms with Crippen LogP contribution in [0.4, 0.5) is 5.69 Å². The first-order valence-corrected chi connectivity index (χ1v) is 13.1. The number of hydrogen-bond acceptors (Lipinski definition) is 6. The predicted molar refractivity (Wildman–Crippen MR) is 127 cm³/mol. The number of piperidine rings is 1. The van der Waals surface area contributed by atoms with Crippen LogP contribution in [-0.2, 0) is 16.4 Å². The van der Waals surface area contributed by atoms with Crippen molar-refractivity contribution in [3.05, 3.63) is 53.3 Å². The van der Waals surface area contributed by atoms with Crippen LogP contribution in [0.1, 0.15) is 41.0 Å². The van der Waals surface area contributed by atoms with Crippen molar-refractivity contribution in [3.63, 3.8) is 0 Å². The number of imidazole rings is 1. The van der Waals surface area contributed by atoms with Crippen LogP contribution >= 0.6 is 0 Å². The van der Waals surface area contributed by atoms with Crippen molar-refractivity contribution in [1.82, 2.24) is 14.9 Å². The van der Waals surface area contributed by atoms with Gasteiger partial charge in [0.1, 0.15) is 17.2 Å². The summed E-state index contributed by atoms with van der Waals surface area (Å²) in [4.78, 5) is 23.1. The van der Waals surface area contributed by atoms with E-state index in [0.29, 0.717) is 23.4 Å². The monoisotopic (exact) mass is 468 g/mol. The number of aryl methyl sites for hydroxylation is 1. The first-order valence-electron chi connectivity index (χ1n) is 11.2. The number of ketones is 1. The second-order valence-corrected chi connectivity index (χ2v) is 11.0. The molecule has 3 aromatic rings. The number of rotatable bonds is 5. The molecule has 0 unspecified atom stereocenters. The Bertz CT molecular complexity index is 1320. The first-order chi connectivity index (χ1) is 15.7. The normalized spacial score (nSPS) is 18.3. The molecular formula is C24H28N4O4S. The number of hydrogen-bond donors (Lipinski definition) is 2. The predicted octanol–water partition coefficient (Wildman–Crippen LogP) is 3.29. The largest absolute Gasteiger partial charge is 0.486 e. The van der Waals surface area contributed by atoms with Crippen LogP contribution in [0.15, 0.2) is 36.4 Å². The Morgan fingerprint density at radius 1 is 1.18 bits per heavy atom. The van der Waals surface area contributed by atoms with Gasteiger partial charge in [0.15, 0.2) is 5.78 Å². The van der Waals surface area contributed by atoms with Crippen LogP contribution in [0.2, 0.25) is 0 Å². The molecule has 0 atom stereocenters. The van der Waals surface area contributed by atoms with E-state index in [9.17, 15) is 13.2 Å². The van der Waals surface area contributed by atoms with Gasteiger partial charge in [0.25, 0.3) is 0 Å². The third-order valence-electron chi connectivity index (χ3n) is 6.54. The molecule has 1 fully saturated rings. The minimum Gasteiger partial charge on any atom is -0.486 e. The van der Waals surface area contributed by atoms with Crippen molar-refractivity contribution in [1.29, 1.82) is 0 Å². The van der Waals surface area contributed by atoms with Crippen LogP contribution in [0.25, 0.3) is 11.0 Å². The lowest BCUT2D eigenvalue weighted by molar-refractivity contribution is -0.00864. The van der Waals surface area contributed by atoms with Gasteiger partial charge in [0.05, 0.1) is 29.3 Å². The summed E-state index contributed by atoms with van der Waals surface area (Å²) in [5, 5.41) is 0. The Morgan fingerprint density at radius 3 is 2.73 bits per heavy atom. The summed E-state index contributed by atoms with van der Waals surface area (Å²) in [6.45, 7) is 4.67. The number of nitrogens with one attached hydrogen (secondary N) is 2. The molecule has 9 heteroatoms. The second kappa shape index (κ2) is 8.14. The molecule has 2 aliphatic heterocycles. The minimum absolute atomic E-state index is 0.00463. The maximum absolute atomic E-state index is 12.9. The second-order valence-electron chi connectivity index (χ2n) is 9.24. The number of aromatic nitrogens is 2. The van der Waals surface area contributed by atoms with Crippen molar-refractivity contribution < 1.29 is 17.9 Å². The Kier molecular flexibility index (Phi) is 5.41. The summed E-state index contributed by atoms with van der Waals surface area (Å²) < 4.78 is 31.7. The molecule has 1 saturated heterocycles. The molecule has 2 aliphatic rings. The molecule has 2 aromatic carbocycles. The van der Waals surface area contributed by atoms with Gasteiger partial charge in [0.2, 0.25) is 10.0 Å². The topological polar surface area (TPSA) is 104 Å². The molecule has 1 spiro atoms. The summed E-state index contributed by atoms with van der Waals surface area (Å²) in [5.41, 5.74) is 3.70. The van der Waals surface area contributed by atoms with Crippen LogP contribution < -0.4 is 9.46 Å². The maximum atomic E-state index is 12.9. The Hall–Kier alpha value is -2.91. The molecule has 8 nitrogen and oxygen atoms in total. The zero-order valence-electron chi connectivity index (χ0n) is 18.8. The number of benzene rings is 2. The summed E-state index contributed by atoms with van der Waals surface area (Å²) in [6.07, 6.45) is 3.95.